The summed E-state index contributed by atoms with van der Waals surface area (Å²) in [5.41, 5.74) is 3.09. The normalized spacial score (nSPS) is 12.0. The van der Waals surface area contributed by atoms with Crippen molar-refractivity contribution in [1.82, 2.24) is 15.1 Å². The van der Waals surface area contributed by atoms with Crippen LogP contribution in [0.1, 0.15) is 45.8 Å². The van der Waals surface area contributed by atoms with Crippen LogP contribution < -0.4 is 5.32 Å². The van der Waals surface area contributed by atoms with Gasteiger partial charge in [-0.1, -0.05) is 12.1 Å². The van der Waals surface area contributed by atoms with Crippen molar-refractivity contribution in [2.75, 3.05) is 0 Å². The molecule has 1 atom stereocenters. The highest BCUT2D eigenvalue weighted by molar-refractivity contribution is 5.98. The maximum atomic E-state index is 12.5. The molecule has 0 radical (unpaired) electrons. The van der Waals surface area contributed by atoms with E-state index in [9.17, 15) is 14.9 Å². The van der Waals surface area contributed by atoms with E-state index in [1.165, 1.54) is 6.07 Å². The zero-order valence-corrected chi connectivity index (χ0v) is 13.9. The second-order valence-electron chi connectivity index (χ2n) is 5.63. The van der Waals surface area contributed by atoms with Crippen molar-refractivity contribution in [3.63, 3.8) is 0 Å². The third kappa shape index (κ3) is 3.08. The summed E-state index contributed by atoms with van der Waals surface area (Å²) in [4.78, 5) is 23.2. The Bertz CT molecular complexity index is 780. The Morgan fingerprint density at radius 2 is 2.00 bits per heavy atom. The zero-order valence-electron chi connectivity index (χ0n) is 13.9. The van der Waals surface area contributed by atoms with Crippen LogP contribution in [0.5, 0.6) is 0 Å². The van der Waals surface area contributed by atoms with Crippen LogP contribution in [-0.4, -0.2) is 20.6 Å². The topological polar surface area (TPSA) is 90.1 Å². The highest BCUT2D eigenvalue weighted by Gasteiger charge is 2.25. The van der Waals surface area contributed by atoms with Crippen molar-refractivity contribution in [3.05, 3.63) is 56.4 Å². The molecule has 0 saturated heterocycles. The number of hydrogen-bond acceptors (Lipinski definition) is 4. The Hall–Kier alpha value is -2.70. The van der Waals surface area contributed by atoms with Crippen molar-refractivity contribution in [2.24, 2.45) is 7.05 Å². The van der Waals surface area contributed by atoms with Gasteiger partial charge in [-0.25, -0.2) is 0 Å². The fraction of sp³-hybridized carbons (Fsp3) is 0.375. The van der Waals surface area contributed by atoms with E-state index in [2.05, 4.69) is 10.4 Å². The average molecular weight is 316 g/mol. The van der Waals surface area contributed by atoms with Gasteiger partial charge in [0.15, 0.2) is 0 Å². The second-order valence-corrected chi connectivity index (χ2v) is 5.63. The van der Waals surface area contributed by atoms with Crippen LogP contribution in [0.2, 0.25) is 0 Å². The molecule has 1 heterocycles. The van der Waals surface area contributed by atoms with Gasteiger partial charge in [-0.15, -0.1) is 0 Å². The molecule has 0 aliphatic rings. The smallest absolute Gasteiger partial charge is 0.285 e. The molecule has 0 spiro atoms. The number of amides is 1. The summed E-state index contributed by atoms with van der Waals surface area (Å²) in [6.45, 7) is 7.26. The fourth-order valence-corrected chi connectivity index (χ4v) is 2.85. The first-order chi connectivity index (χ1) is 10.7. The molecule has 1 amide bonds. The molecular weight excluding hydrogens is 296 g/mol. The number of aromatic nitrogens is 2. The van der Waals surface area contributed by atoms with Gasteiger partial charge in [0, 0.05) is 23.9 Å². The van der Waals surface area contributed by atoms with Crippen molar-refractivity contribution in [3.8, 4) is 0 Å². The number of rotatable bonds is 4. The number of carbonyl (C=O) groups is 1. The Morgan fingerprint density at radius 1 is 1.35 bits per heavy atom. The standard InChI is InChI=1S/C16H20N4O3/c1-9-7-6-8-13(15(9)20(22)23)16(21)17-10(2)14-11(3)18-19(5)12(14)4/h6-8,10H,1-5H3,(H,17,21)/t10-/m0/s1. The van der Waals surface area contributed by atoms with Crippen LogP contribution in [0.25, 0.3) is 0 Å². The van der Waals surface area contributed by atoms with Crippen LogP contribution in [0.15, 0.2) is 18.2 Å². The van der Waals surface area contributed by atoms with Gasteiger partial charge >= 0.3 is 0 Å². The first-order valence-electron chi connectivity index (χ1n) is 7.29. The largest absolute Gasteiger partial charge is 0.345 e. The van der Waals surface area contributed by atoms with E-state index in [-0.39, 0.29) is 17.3 Å². The van der Waals surface area contributed by atoms with Crippen LogP contribution in [0.4, 0.5) is 5.69 Å². The highest BCUT2D eigenvalue weighted by atomic mass is 16.6. The molecule has 0 fully saturated rings. The van der Waals surface area contributed by atoms with Crippen molar-refractivity contribution >= 4 is 11.6 Å². The molecule has 2 rings (SSSR count). The number of aryl methyl sites for hydroxylation is 3. The third-order valence-electron chi connectivity index (χ3n) is 4.01. The van der Waals surface area contributed by atoms with E-state index in [4.69, 9.17) is 0 Å². The number of para-hydroxylation sites is 1. The summed E-state index contributed by atoms with van der Waals surface area (Å²) in [5.74, 6) is -0.462. The summed E-state index contributed by atoms with van der Waals surface area (Å²) < 4.78 is 1.75. The molecule has 0 unspecified atom stereocenters. The van der Waals surface area contributed by atoms with Crippen molar-refractivity contribution in [1.29, 1.82) is 0 Å². The van der Waals surface area contributed by atoms with Gasteiger partial charge in [-0.3, -0.25) is 19.6 Å². The molecule has 2 aromatic rings. The van der Waals surface area contributed by atoms with E-state index >= 15 is 0 Å². The molecule has 7 nitrogen and oxygen atoms in total. The molecule has 1 N–H and O–H groups in total. The quantitative estimate of drug-likeness (QED) is 0.693. The Labute approximate surface area is 134 Å². The monoisotopic (exact) mass is 316 g/mol. The maximum Gasteiger partial charge on any atom is 0.285 e. The van der Waals surface area contributed by atoms with E-state index in [1.54, 1.807) is 23.7 Å². The molecule has 0 aliphatic heterocycles. The fourth-order valence-electron chi connectivity index (χ4n) is 2.85. The van der Waals surface area contributed by atoms with Gasteiger partial charge in [0.05, 0.1) is 16.7 Å². The SMILES string of the molecule is Cc1cccc(C(=O)N[C@@H](C)c2c(C)nn(C)c2C)c1[N+](=O)[O-]. The minimum Gasteiger partial charge on any atom is -0.345 e. The predicted molar refractivity (Wildman–Crippen MR) is 86.4 cm³/mol. The van der Waals surface area contributed by atoms with E-state index < -0.39 is 10.8 Å². The molecule has 1 aromatic carbocycles. The molecular formula is C16H20N4O3. The van der Waals surface area contributed by atoms with Gasteiger partial charge in [-0.05, 0) is 33.8 Å². The number of benzene rings is 1. The summed E-state index contributed by atoms with van der Waals surface area (Å²) in [6, 6.07) is 4.43. The molecule has 0 saturated carbocycles. The van der Waals surface area contributed by atoms with Gasteiger partial charge in [0.1, 0.15) is 5.56 Å². The van der Waals surface area contributed by atoms with Crippen molar-refractivity contribution < 1.29 is 9.72 Å². The first kappa shape index (κ1) is 16.7. The zero-order chi connectivity index (χ0) is 17.3. The van der Waals surface area contributed by atoms with Gasteiger partial charge in [0.2, 0.25) is 0 Å². The summed E-state index contributed by atoms with van der Waals surface area (Å²) in [5, 5.41) is 18.4. The summed E-state index contributed by atoms with van der Waals surface area (Å²) in [6.07, 6.45) is 0. The van der Waals surface area contributed by atoms with Crippen LogP contribution in [0, 0.1) is 30.9 Å². The minimum atomic E-state index is -0.518. The number of hydrogen-bond donors (Lipinski definition) is 1. The Morgan fingerprint density at radius 3 is 2.52 bits per heavy atom. The molecule has 0 bridgehead atoms. The van der Waals surface area contributed by atoms with Gasteiger partial charge in [-0.2, -0.15) is 5.10 Å². The van der Waals surface area contributed by atoms with Crippen LogP contribution in [0.3, 0.4) is 0 Å². The Balaban J connectivity index is 2.33. The molecule has 122 valence electrons. The molecule has 0 aliphatic carbocycles. The second kappa shape index (κ2) is 6.20. The predicted octanol–water partition coefficient (Wildman–Crippen LogP) is 2.74. The minimum absolute atomic E-state index is 0.0704. The Kier molecular flexibility index (Phi) is 4.49. The lowest BCUT2D eigenvalue weighted by molar-refractivity contribution is -0.385. The van der Waals surface area contributed by atoms with E-state index in [1.807, 2.05) is 27.8 Å². The average Bonchev–Trinajstić information content (AvgIpc) is 2.71. The number of nitro benzene ring substituents is 1. The highest BCUT2D eigenvalue weighted by Crippen LogP contribution is 2.25. The number of nitrogens with zero attached hydrogens (tertiary/aromatic N) is 3. The van der Waals surface area contributed by atoms with Crippen LogP contribution in [-0.2, 0) is 7.05 Å². The first-order valence-corrected chi connectivity index (χ1v) is 7.29. The summed E-state index contributed by atoms with van der Waals surface area (Å²) >= 11 is 0. The van der Waals surface area contributed by atoms with Crippen molar-refractivity contribution in [2.45, 2.75) is 33.7 Å². The lowest BCUT2D eigenvalue weighted by Gasteiger charge is -2.15. The lowest BCUT2D eigenvalue weighted by atomic mass is 10.0. The number of nitro groups is 1. The molecule has 23 heavy (non-hydrogen) atoms. The van der Waals surface area contributed by atoms with E-state index in [0.29, 0.717) is 5.56 Å². The number of nitrogens with one attached hydrogen (secondary N) is 1. The van der Waals surface area contributed by atoms with E-state index in [0.717, 1.165) is 17.0 Å². The maximum absolute atomic E-state index is 12.5. The summed E-state index contributed by atoms with van der Waals surface area (Å²) in [7, 11) is 1.84. The molecule has 1 aromatic heterocycles. The molecule has 7 heteroatoms. The lowest BCUT2D eigenvalue weighted by Crippen LogP contribution is -2.28. The third-order valence-corrected chi connectivity index (χ3v) is 4.01. The van der Waals surface area contributed by atoms with Gasteiger partial charge < -0.3 is 5.32 Å². The number of carbonyl (C=O) groups excluding carboxylic acids is 1. The van der Waals surface area contributed by atoms with Gasteiger partial charge in [0.25, 0.3) is 11.6 Å². The van der Waals surface area contributed by atoms with Crippen LogP contribution >= 0.6 is 0 Å².